The lowest BCUT2D eigenvalue weighted by atomic mass is 9.69. The van der Waals surface area contributed by atoms with Crippen molar-refractivity contribution in [1.82, 2.24) is 0 Å². The standard InChI is InChI=1S/C13H27N/c1-12(2,3)9-10-13(11-14)7-5-4-6-8-13/h4-11,14H2,1-3H3. The first kappa shape index (κ1) is 12.0. The Hall–Kier alpha value is -0.0400. The van der Waals surface area contributed by atoms with E-state index in [1.807, 2.05) is 0 Å². The molecule has 0 aliphatic heterocycles. The summed E-state index contributed by atoms with van der Waals surface area (Å²) >= 11 is 0. The van der Waals surface area contributed by atoms with Crippen LogP contribution in [0.25, 0.3) is 0 Å². The summed E-state index contributed by atoms with van der Waals surface area (Å²) in [5.74, 6) is 0. The van der Waals surface area contributed by atoms with E-state index in [0.29, 0.717) is 10.8 Å². The third-order valence-corrected chi connectivity index (χ3v) is 3.75. The molecule has 1 heteroatoms. The SMILES string of the molecule is CC(C)(C)CCC1(CN)CCCCC1. The van der Waals surface area contributed by atoms with Crippen LogP contribution in [0.4, 0.5) is 0 Å². The molecule has 84 valence electrons. The van der Waals surface area contributed by atoms with Gasteiger partial charge in [0.15, 0.2) is 0 Å². The molecule has 0 saturated heterocycles. The van der Waals surface area contributed by atoms with Crippen LogP contribution < -0.4 is 5.73 Å². The molecule has 0 aromatic carbocycles. The molecule has 0 heterocycles. The normalized spacial score (nSPS) is 22.3. The zero-order chi connectivity index (χ0) is 10.7. The number of rotatable bonds is 3. The van der Waals surface area contributed by atoms with Crippen molar-refractivity contribution in [2.24, 2.45) is 16.6 Å². The predicted molar refractivity (Wildman–Crippen MR) is 63.3 cm³/mol. The van der Waals surface area contributed by atoms with E-state index in [1.54, 1.807) is 0 Å². The monoisotopic (exact) mass is 197 g/mol. The van der Waals surface area contributed by atoms with Crippen molar-refractivity contribution in [2.45, 2.75) is 65.7 Å². The largest absolute Gasteiger partial charge is 0.330 e. The Morgan fingerprint density at radius 1 is 1.07 bits per heavy atom. The summed E-state index contributed by atoms with van der Waals surface area (Å²) < 4.78 is 0. The Labute approximate surface area is 89.5 Å². The molecule has 1 nitrogen and oxygen atoms in total. The van der Waals surface area contributed by atoms with Gasteiger partial charge in [0.05, 0.1) is 0 Å². The molecule has 0 aromatic heterocycles. The molecule has 0 radical (unpaired) electrons. The second-order valence-corrected chi connectivity index (χ2v) is 6.33. The summed E-state index contributed by atoms with van der Waals surface area (Å²) in [5.41, 5.74) is 6.94. The second kappa shape index (κ2) is 4.65. The lowest BCUT2D eigenvalue weighted by Gasteiger charge is -2.38. The molecule has 0 aromatic rings. The van der Waals surface area contributed by atoms with Gasteiger partial charge in [-0.25, -0.2) is 0 Å². The first-order chi connectivity index (χ1) is 6.47. The average Bonchev–Trinajstić information content (AvgIpc) is 2.15. The van der Waals surface area contributed by atoms with Crippen molar-refractivity contribution >= 4 is 0 Å². The van der Waals surface area contributed by atoms with Gasteiger partial charge < -0.3 is 5.73 Å². The summed E-state index contributed by atoms with van der Waals surface area (Å²) in [5, 5.41) is 0. The molecule has 1 rings (SSSR count). The summed E-state index contributed by atoms with van der Waals surface area (Å²) in [7, 11) is 0. The minimum atomic E-state index is 0.472. The Kier molecular flexibility index (Phi) is 4.00. The molecular weight excluding hydrogens is 170 g/mol. The van der Waals surface area contributed by atoms with E-state index < -0.39 is 0 Å². The van der Waals surface area contributed by atoms with Crippen molar-refractivity contribution in [3.8, 4) is 0 Å². The van der Waals surface area contributed by atoms with Gasteiger partial charge in [0, 0.05) is 0 Å². The van der Waals surface area contributed by atoms with Crippen molar-refractivity contribution in [2.75, 3.05) is 6.54 Å². The van der Waals surface area contributed by atoms with Gasteiger partial charge in [-0.2, -0.15) is 0 Å². The second-order valence-electron chi connectivity index (χ2n) is 6.33. The Bertz CT molecular complexity index is 161. The van der Waals surface area contributed by atoms with Crippen LogP contribution in [0.5, 0.6) is 0 Å². The van der Waals surface area contributed by atoms with Crippen LogP contribution in [-0.2, 0) is 0 Å². The molecule has 0 amide bonds. The zero-order valence-corrected chi connectivity index (χ0v) is 10.2. The van der Waals surface area contributed by atoms with Gasteiger partial charge in [0.1, 0.15) is 0 Å². The Morgan fingerprint density at radius 2 is 1.64 bits per heavy atom. The van der Waals surface area contributed by atoms with Gasteiger partial charge in [-0.15, -0.1) is 0 Å². The maximum Gasteiger partial charge on any atom is -0.00205 e. The predicted octanol–water partition coefficient (Wildman–Crippen LogP) is 3.72. The van der Waals surface area contributed by atoms with Gasteiger partial charge in [-0.1, -0.05) is 40.0 Å². The van der Waals surface area contributed by atoms with Gasteiger partial charge in [0.25, 0.3) is 0 Å². The highest BCUT2D eigenvalue weighted by atomic mass is 14.6. The fourth-order valence-corrected chi connectivity index (χ4v) is 2.50. The Morgan fingerprint density at radius 3 is 2.07 bits per heavy atom. The van der Waals surface area contributed by atoms with Crippen molar-refractivity contribution in [1.29, 1.82) is 0 Å². The molecule has 1 aliphatic rings. The first-order valence-electron chi connectivity index (χ1n) is 6.18. The third kappa shape index (κ3) is 3.61. The molecule has 0 bridgehead atoms. The Balaban J connectivity index is 2.44. The van der Waals surface area contributed by atoms with E-state index in [0.717, 1.165) is 6.54 Å². The smallest absolute Gasteiger partial charge is 0.00205 e. The fraction of sp³-hybridized carbons (Fsp3) is 1.00. The number of hydrogen-bond donors (Lipinski definition) is 1. The third-order valence-electron chi connectivity index (χ3n) is 3.75. The van der Waals surface area contributed by atoms with E-state index in [9.17, 15) is 0 Å². The molecule has 0 unspecified atom stereocenters. The van der Waals surface area contributed by atoms with Crippen molar-refractivity contribution in [3.63, 3.8) is 0 Å². The highest BCUT2D eigenvalue weighted by molar-refractivity contribution is 4.85. The molecule has 2 N–H and O–H groups in total. The van der Waals surface area contributed by atoms with Gasteiger partial charge in [-0.3, -0.25) is 0 Å². The number of nitrogens with two attached hydrogens (primary N) is 1. The van der Waals surface area contributed by atoms with Crippen LogP contribution in [0.15, 0.2) is 0 Å². The molecular formula is C13H27N. The molecule has 0 spiro atoms. The quantitative estimate of drug-likeness (QED) is 0.733. The van der Waals surface area contributed by atoms with Crippen molar-refractivity contribution < 1.29 is 0 Å². The van der Waals surface area contributed by atoms with Crippen molar-refractivity contribution in [3.05, 3.63) is 0 Å². The molecule has 1 saturated carbocycles. The maximum absolute atomic E-state index is 5.97. The lowest BCUT2D eigenvalue weighted by Crippen LogP contribution is -2.33. The molecule has 14 heavy (non-hydrogen) atoms. The topological polar surface area (TPSA) is 26.0 Å². The molecule has 1 fully saturated rings. The van der Waals surface area contributed by atoms with Gasteiger partial charge in [-0.05, 0) is 43.1 Å². The number of hydrogen-bond acceptors (Lipinski definition) is 1. The minimum Gasteiger partial charge on any atom is -0.330 e. The summed E-state index contributed by atoms with van der Waals surface area (Å²) in [6.07, 6.45) is 9.65. The van der Waals surface area contributed by atoms with Crippen LogP contribution in [-0.4, -0.2) is 6.54 Å². The highest BCUT2D eigenvalue weighted by Crippen LogP contribution is 2.41. The van der Waals surface area contributed by atoms with Crippen LogP contribution in [0.1, 0.15) is 65.7 Å². The minimum absolute atomic E-state index is 0.472. The first-order valence-corrected chi connectivity index (χ1v) is 6.18. The van der Waals surface area contributed by atoms with E-state index >= 15 is 0 Å². The van der Waals surface area contributed by atoms with Gasteiger partial charge >= 0.3 is 0 Å². The average molecular weight is 197 g/mol. The summed E-state index contributed by atoms with van der Waals surface area (Å²) in [6, 6.07) is 0. The summed E-state index contributed by atoms with van der Waals surface area (Å²) in [4.78, 5) is 0. The lowest BCUT2D eigenvalue weighted by molar-refractivity contribution is 0.154. The van der Waals surface area contributed by atoms with Gasteiger partial charge in [0.2, 0.25) is 0 Å². The van der Waals surface area contributed by atoms with Crippen LogP contribution in [0, 0.1) is 10.8 Å². The van der Waals surface area contributed by atoms with Crippen LogP contribution in [0.3, 0.4) is 0 Å². The van der Waals surface area contributed by atoms with E-state index in [1.165, 1.54) is 44.9 Å². The molecule has 0 atom stereocenters. The van der Waals surface area contributed by atoms with E-state index in [2.05, 4.69) is 20.8 Å². The fourth-order valence-electron chi connectivity index (χ4n) is 2.50. The molecule has 1 aliphatic carbocycles. The summed E-state index contributed by atoms with van der Waals surface area (Å²) in [6.45, 7) is 7.91. The highest BCUT2D eigenvalue weighted by Gasteiger charge is 2.31. The van der Waals surface area contributed by atoms with Crippen LogP contribution >= 0.6 is 0 Å². The maximum atomic E-state index is 5.97. The van der Waals surface area contributed by atoms with Crippen LogP contribution in [0.2, 0.25) is 0 Å². The van der Waals surface area contributed by atoms with E-state index in [-0.39, 0.29) is 0 Å². The zero-order valence-electron chi connectivity index (χ0n) is 10.2. The van der Waals surface area contributed by atoms with E-state index in [4.69, 9.17) is 5.73 Å².